The zero-order valence-electron chi connectivity index (χ0n) is 12.0. The second-order valence-corrected chi connectivity index (χ2v) is 5.13. The average Bonchev–Trinajstić information content (AvgIpc) is 2.75. The van der Waals surface area contributed by atoms with E-state index in [0.29, 0.717) is 11.3 Å². The van der Waals surface area contributed by atoms with Gasteiger partial charge >= 0.3 is 0 Å². The largest absolute Gasteiger partial charge is 0.457 e. The quantitative estimate of drug-likeness (QED) is 0.642. The first-order valence-electron chi connectivity index (χ1n) is 6.98. The normalized spacial score (nSPS) is 14.5. The van der Waals surface area contributed by atoms with Crippen molar-refractivity contribution in [1.29, 1.82) is 0 Å². The second-order valence-electron chi connectivity index (χ2n) is 5.13. The van der Waals surface area contributed by atoms with Crippen LogP contribution in [-0.4, -0.2) is 16.7 Å². The summed E-state index contributed by atoms with van der Waals surface area (Å²) < 4.78 is 5.75. The Morgan fingerprint density at radius 2 is 1.73 bits per heavy atom. The molecule has 2 aromatic carbocycles. The van der Waals surface area contributed by atoms with E-state index in [1.165, 1.54) is 4.90 Å². The number of ether oxygens (including phenoxy) is 1. The van der Waals surface area contributed by atoms with Gasteiger partial charge in [-0.05, 0) is 29.8 Å². The van der Waals surface area contributed by atoms with E-state index in [9.17, 15) is 9.59 Å². The fourth-order valence-electron chi connectivity index (χ4n) is 2.33. The minimum atomic E-state index is -0.292. The van der Waals surface area contributed by atoms with Crippen LogP contribution in [0.1, 0.15) is 12.0 Å². The molecule has 110 valence electrons. The lowest BCUT2D eigenvalue weighted by atomic mass is 10.2. The first-order valence-corrected chi connectivity index (χ1v) is 6.98. The summed E-state index contributed by atoms with van der Waals surface area (Å²) in [5, 5.41) is 0. The van der Waals surface area contributed by atoms with Crippen LogP contribution < -0.4 is 4.74 Å². The van der Waals surface area contributed by atoms with Gasteiger partial charge in [-0.3, -0.25) is 14.5 Å². The Kier molecular flexibility index (Phi) is 3.74. The van der Waals surface area contributed by atoms with E-state index >= 15 is 0 Å². The molecule has 1 fully saturated rings. The predicted octanol–water partition coefficient (Wildman–Crippen LogP) is 3.29. The van der Waals surface area contributed by atoms with E-state index in [0.717, 1.165) is 11.3 Å². The van der Waals surface area contributed by atoms with Gasteiger partial charge in [-0.15, -0.1) is 0 Å². The molecule has 0 aromatic heterocycles. The average molecular weight is 293 g/mol. The second kappa shape index (κ2) is 5.85. The summed E-state index contributed by atoms with van der Waals surface area (Å²) in [7, 11) is 0. The summed E-state index contributed by atoms with van der Waals surface area (Å²) in [6.07, 6.45) is 0.110. The lowest BCUT2D eigenvalue weighted by molar-refractivity contribution is -0.138. The molecule has 0 aliphatic carbocycles. The maximum atomic E-state index is 11.9. The molecule has 0 bridgehead atoms. The van der Waals surface area contributed by atoms with Gasteiger partial charge in [0.2, 0.25) is 5.91 Å². The van der Waals surface area contributed by atoms with Gasteiger partial charge in [0.15, 0.2) is 0 Å². The fourth-order valence-corrected chi connectivity index (χ4v) is 2.33. The van der Waals surface area contributed by atoms with E-state index < -0.39 is 0 Å². The summed E-state index contributed by atoms with van der Waals surface area (Å²) in [6.45, 7) is 3.85. The van der Waals surface area contributed by atoms with Crippen LogP contribution in [0.4, 0.5) is 0 Å². The Balaban J connectivity index is 1.76. The summed E-state index contributed by atoms with van der Waals surface area (Å²) in [5.74, 6) is 0.909. The van der Waals surface area contributed by atoms with Gasteiger partial charge in [0.05, 0.1) is 13.0 Å². The molecule has 22 heavy (non-hydrogen) atoms. The number of nitrogens with zero attached hydrogens (tertiary/aromatic N) is 1. The molecule has 2 amide bonds. The Bertz CT molecular complexity index is 737. The zero-order chi connectivity index (χ0) is 15.5. The summed E-state index contributed by atoms with van der Waals surface area (Å²) >= 11 is 0. The molecule has 3 rings (SSSR count). The molecule has 4 nitrogen and oxygen atoms in total. The van der Waals surface area contributed by atoms with E-state index in [2.05, 4.69) is 6.58 Å². The number of carbonyl (C=O) groups is 2. The van der Waals surface area contributed by atoms with E-state index in [1.54, 1.807) is 0 Å². The van der Waals surface area contributed by atoms with Crippen molar-refractivity contribution < 1.29 is 14.3 Å². The highest BCUT2D eigenvalue weighted by Crippen LogP contribution is 2.24. The van der Waals surface area contributed by atoms with Gasteiger partial charge < -0.3 is 4.74 Å². The first kappa shape index (κ1) is 14.1. The summed E-state index contributed by atoms with van der Waals surface area (Å²) in [4.78, 5) is 24.9. The highest BCUT2D eigenvalue weighted by Gasteiger charge is 2.32. The van der Waals surface area contributed by atoms with Crippen molar-refractivity contribution in [3.8, 4) is 11.5 Å². The lowest BCUT2D eigenvalue weighted by Gasteiger charge is -2.14. The fraction of sp³-hybridized carbons (Fsp3) is 0.111. The molecule has 4 heteroatoms. The number of imide groups is 1. The molecule has 1 aliphatic heterocycles. The highest BCUT2D eigenvalue weighted by molar-refractivity contribution is 6.12. The van der Waals surface area contributed by atoms with Crippen LogP contribution in [0.3, 0.4) is 0 Å². The van der Waals surface area contributed by atoms with Gasteiger partial charge in [0.1, 0.15) is 11.5 Å². The molecular formula is C18H15NO3. The Labute approximate surface area is 128 Å². The molecule has 1 saturated heterocycles. The van der Waals surface area contributed by atoms with Gasteiger partial charge in [-0.1, -0.05) is 36.9 Å². The van der Waals surface area contributed by atoms with Crippen molar-refractivity contribution in [2.75, 3.05) is 0 Å². The van der Waals surface area contributed by atoms with Crippen LogP contribution in [0.25, 0.3) is 0 Å². The molecule has 1 aliphatic rings. The van der Waals surface area contributed by atoms with E-state index in [-0.39, 0.29) is 24.8 Å². The number of carbonyl (C=O) groups excluding carboxylic acids is 2. The first-order chi connectivity index (χ1) is 10.6. The van der Waals surface area contributed by atoms with Gasteiger partial charge in [-0.2, -0.15) is 0 Å². The predicted molar refractivity (Wildman–Crippen MR) is 82.3 cm³/mol. The molecule has 2 aromatic rings. The standard InChI is InChI=1S/C18H15NO3/c1-13-10-17(20)19(18(13)21)12-14-6-5-9-16(11-14)22-15-7-3-2-4-8-15/h2-9,11H,1,10,12H2. The minimum Gasteiger partial charge on any atom is -0.457 e. The van der Waals surface area contributed by atoms with E-state index in [1.807, 2.05) is 54.6 Å². The molecule has 0 spiro atoms. The molecule has 0 saturated carbocycles. The van der Waals surface area contributed by atoms with Crippen molar-refractivity contribution in [3.63, 3.8) is 0 Å². The van der Waals surface area contributed by atoms with Crippen molar-refractivity contribution in [2.45, 2.75) is 13.0 Å². The number of hydrogen-bond acceptors (Lipinski definition) is 3. The SMILES string of the molecule is C=C1CC(=O)N(Cc2cccc(Oc3ccccc3)c2)C1=O. The molecule has 0 atom stereocenters. The number of hydrogen-bond donors (Lipinski definition) is 0. The van der Waals surface area contributed by atoms with Crippen molar-refractivity contribution in [2.24, 2.45) is 0 Å². The van der Waals surface area contributed by atoms with Crippen LogP contribution in [0.2, 0.25) is 0 Å². The maximum Gasteiger partial charge on any atom is 0.256 e. The number of rotatable bonds is 4. The monoisotopic (exact) mass is 293 g/mol. The van der Waals surface area contributed by atoms with Gasteiger partial charge in [-0.25, -0.2) is 0 Å². The molecular weight excluding hydrogens is 278 g/mol. The maximum absolute atomic E-state index is 11.9. The third kappa shape index (κ3) is 2.91. The van der Waals surface area contributed by atoms with Crippen LogP contribution in [0.5, 0.6) is 11.5 Å². The number of para-hydroxylation sites is 1. The molecule has 0 radical (unpaired) electrons. The van der Waals surface area contributed by atoms with Crippen molar-refractivity contribution in [3.05, 3.63) is 72.3 Å². The minimum absolute atomic E-state index is 0.110. The van der Waals surface area contributed by atoms with Crippen LogP contribution in [0.15, 0.2) is 66.7 Å². The molecule has 0 unspecified atom stereocenters. The van der Waals surface area contributed by atoms with Crippen molar-refractivity contribution in [1.82, 2.24) is 4.90 Å². The third-order valence-electron chi connectivity index (χ3n) is 3.43. The smallest absolute Gasteiger partial charge is 0.256 e. The van der Waals surface area contributed by atoms with Crippen LogP contribution in [0, 0.1) is 0 Å². The van der Waals surface area contributed by atoms with Gasteiger partial charge in [0.25, 0.3) is 5.91 Å². The summed E-state index contributed by atoms with van der Waals surface area (Å²) in [5.41, 5.74) is 1.19. The molecule has 0 N–H and O–H groups in total. The molecule has 1 heterocycles. The topological polar surface area (TPSA) is 46.6 Å². The number of amides is 2. The van der Waals surface area contributed by atoms with E-state index in [4.69, 9.17) is 4.74 Å². The van der Waals surface area contributed by atoms with Gasteiger partial charge in [0, 0.05) is 5.57 Å². The lowest BCUT2D eigenvalue weighted by Crippen LogP contribution is -2.28. The van der Waals surface area contributed by atoms with Crippen LogP contribution >= 0.6 is 0 Å². The Hall–Kier alpha value is -2.88. The number of benzene rings is 2. The highest BCUT2D eigenvalue weighted by atomic mass is 16.5. The zero-order valence-corrected chi connectivity index (χ0v) is 12.0. The Morgan fingerprint density at radius 1 is 1.00 bits per heavy atom. The number of likely N-dealkylation sites (tertiary alicyclic amines) is 1. The van der Waals surface area contributed by atoms with Crippen molar-refractivity contribution >= 4 is 11.8 Å². The Morgan fingerprint density at radius 3 is 2.41 bits per heavy atom. The summed E-state index contributed by atoms with van der Waals surface area (Å²) in [6, 6.07) is 16.8. The van der Waals surface area contributed by atoms with Crippen LogP contribution in [-0.2, 0) is 16.1 Å². The third-order valence-corrected chi connectivity index (χ3v) is 3.43.